The second kappa shape index (κ2) is 8.45. The van der Waals surface area contributed by atoms with E-state index in [1.165, 1.54) is 6.20 Å². The van der Waals surface area contributed by atoms with Crippen molar-refractivity contribution in [2.24, 2.45) is 0 Å². The summed E-state index contributed by atoms with van der Waals surface area (Å²) in [7, 11) is -3.72. The maximum absolute atomic E-state index is 13.6. The van der Waals surface area contributed by atoms with Crippen LogP contribution in [0.25, 0.3) is 10.9 Å². The number of anilines is 2. The zero-order chi connectivity index (χ0) is 22.1. The number of piperazine rings is 1. The van der Waals surface area contributed by atoms with Gasteiger partial charge in [-0.15, -0.1) is 0 Å². The van der Waals surface area contributed by atoms with Crippen LogP contribution in [0.4, 0.5) is 11.4 Å². The minimum absolute atomic E-state index is 0.249. The van der Waals surface area contributed by atoms with Crippen molar-refractivity contribution in [3.63, 3.8) is 0 Å². The zero-order valence-electron chi connectivity index (χ0n) is 17.4. The Labute approximate surface area is 192 Å². The number of halogens is 1. The van der Waals surface area contributed by atoms with E-state index in [9.17, 15) is 8.42 Å². The Morgan fingerprint density at radius 3 is 2.22 bits per heavy atom. The van der Waals surface area contributed by atoms with Crippen LogP contribution in [-0.4, -0.2) is 39.6 Å². The molecular formula is C25H22ClN3O2S. The Kier molecular flexibility index (Phi) is 5.49. The number of nitrogens with zero attached hydrogens (tertiary/aromatic N) is 3. The molecule has 0 N–H and O–H groups in total. The summed E-state index contributed by atoms with van der Waals surface area (Å²) in [5, 5.41) is 1.56. The van der Waals surface area contributed by atoms with E-state index in [0.29, 0.717) is 18.1 Å². The number of rotatable bonds is 4. The fourth-order valence-electron chi connectivity index (χ4n) is 4.22. The molecule has 5 nitrogen and oxygen atoms in total. The SMILES string of the molecule is O=S(=O)(c1ccccc1)c1cnc2ccccc2c1N1CCN(c2cccc(Cl)c2)CC1. The van der Waals surface area contributed by atoms with Crippen LogP contribution in [0.15, 0.2) is 94.9 Å². The van der Waals surface area contributed by atoms with Crippen molar-refractivity contribution in [2.75, 3.05) is 36.0 Å². The molecule has 32 heavy (non-hydrogen) atoms. The fraction of sp³-hybridized carbons (Fsp3) is 0.160. The molecule has 0 bridgehead atoms. The molecule has 0 radical (unpaired) electrons. The number of para-hydroxylation sites is 1. The van der Waals surface area contributed by atoms with Gasteiger partial charge in [-0.05, 0) is 36.4 Å². The molecule has 1 aliphatic rings. The van der Waals surface area contributed by atoms with Crippen LogP contribution in [-0.2, 0) is 9.84 Å². The van der Waals surface area contributed by atoms with Gasteiger partial charge in [0.05, 0.1) is 16.1 Å². The molecule has 1 fully saturated rings. The van der Waals surface area contributed by atoms with Crippen LogP contribution in [0, 0.1) is 0 Å². The molecule has 0 aliphatic carbocycles. The molecule has 1 aromatic heterocycles. The highest BCUT2D eigenvalue weighted by atomic mass is 35.5. The third-order valence-corrected chi connectivity index (χ3v) is 7.83. The Morgan fingerprint density at radius 1 is 0.781 bits per heavy atom. The smallest absolute Gasteiger partial charge is 0.210 e. The van der Waals surface area contributed by atoms with Crippen molar-refractivity contribution in [1.29, 1.82) is 0 Å². The van der Waals surface area contributed by atoms with Gasteiger partial charge in [0.1, 0.15) is 4.90 Å². The average molecular weight is 464 g/mol. The highest BCUT2D eigenvalue weighted by Crippen LogP contribution is 2.36. The summed E-state index contributed by atoms with van der Waals surface area (Å²) in [5.74, 6) is 0. The van der Waals surface area contributed by atoms with Gasteiger partial charge in [0.15, 0.2) is 0 Å². The summed E-state index contributed by atoms with van der Waals surface area (Å²) >= 11 is 6.17. The van der Waals surface area contributed by atoms with Crippen LogP contribution in [0.1, 0.15) is 0 Å². The van der Waals surface area contributed by atoms with E-state index in [1.54, 1.807) is 24.3 Å². The molecule has 1 aliphatic heterocycles. The maximum Gasteiger partial charge on any atom is 0.210 e. The minimum atomic E-state index is -3.72. The largest absolute Gasteiger partial charge is 0.368 e. The van der Waals surface area contributed by atoms with Gasteiger partial charge in [0.2, 0.25) is 9.84 Å². The Bertz CT molecular complexity index is 1370. The van der Waals surface area contributed by atoms with Gasteiger partial charge in [-0.2, -0.15) is 0 Å². The van der Waals surface area contributed by atoms with Crippen LogP contribution in [0.2, 0.25) is 5.02 Å². The normalized spacial score (nSPS) is 14.7. The molecule has 0 spiro atoms. The number of benzene rings is 3. The monoisotopic (exact) mass is 463 g/mol. The molecule has 5 rings (SSSR count). The maximum atomic E-state index is 13.6. The van der Waals surface area contributed by atoms with Crippen molar-refractivity contribution >= 4 is 43.7 Å². The molecule has 0 atom stereocenters. The third-order valence-electron chi connectivity index (χ3n) is 5.83. The summed E-state index contributed by atoms with van der Waals surface area (Å²) < 4.78 is 27.1. The first-order chi connectivity index (χ1) is 15.5. The molecule has 0 amide bonds. The topological polar surface area (TPSA) is 53.5 Å². The van der Waals surface area contributed by atoms with Crippen LogP contribution >= 0.6 is 11.6 Å². The molecule has 0 unspecified atom stereocenters. The first-order valence-corrected chi connectivity index (χ1v) is 12.3. The van der Waals surface area contributed by atoms with E-state index in [0.717, 1.165) is 35.4 Å². The summed E-state index contributed by atoms with van der Waals surface area (Å²) in [6.07, 6.45) is 1.50. The van der Waals surface area contributed by atoms with Gasteiger partial charge in [0.25, 0.3) is 0 Å². The van der Waals surface area contributed by atoms with E-state index in [4.69, 9.17) is 11.6 Å². The lowest BCUT2D eigenvalue weighted by Gasteiger charge is -2.38. The van der Waals surface area contributed by atoms with Crippen molar-refractivity contribution in [1.82, 2.24) is 4.98 Å². The van der Waals surface area contributed by atoms with E-state index in [-0.39, 0.29) is 9.79 Å². The fourth-order valence-corrected chi connectivity index (χ4v) is 5.86. The first-order valence-electron chi connectivity index (χ1n) is 10.5. The molecule has 1 saturated heterocycles. The number of fused-ring (bicyclic) bond motifs is 1. The Balaban J connectivity index is 1.56. The molecule has 7 heteroatoms. The molecule has 4 aromatic rings. The lowest BCUT2D eigenvalue weighted by molar-refractivity contribution is 0.594. The number of aromatic nitrogens is 1. The standard InChI is InChI=1S/C25H22ClN3O2S/c26-19-7-6-8-20(17-19)28-13-15-29(16-14-28)25-22-11-4-5-12-23(22)27-18-24(25)32(30,31)21-9-2-1-3-10-21/h1-12,17-18H,13-16H2. The summed E-state index contributed by atoms with van der Waals surface area (Å²) in [4.78, 5) is 9.43. The Morgan fingerprint density at radius 2 is 1.47 bits per heavy atom. The van der Waals surface area contributed by atoms with Gasteiger partial charge in [-0.1, -0.05) is 54.1 Å². The van der Waals surface area contributed by atoms with Crippen molar-refractivity contribution in [2.45, 2.75) is 9.79 Å². The third kappa shape index (κ3) is 3.80. The van der Waals surface area contributed by atoms with E-state index >= 15 is 0 Å². The number of hydrogen-bond donors (Lipinski definition) is 0. The molecule has 3 aromatic carbocycles. The highest BCUT2D eigenvalue weighted by molar-refractivity contribution is 7.91. The molecule has 0 saturated carbocycles. The van der Waals surface area contributed by atoms with E-state index < -0.39 is 9.84 Å². The van der Waals surface area contributed by atoms with E-state index in [1.807, 2.05) is 48.5 Å². The Hall–Kier alpha value is -3.09. The quantitative estimate of drug-likeness (QED) is 0.424. The summed E-state index contributed by atoms with van der Waals surface area (Å²) in [5.41, 5.74) is 2.59. The number of hydrogen-bond acceptors (Lipinski definition) is 5. The van der Waals surface area contributed by atoms with Crippen molar-refractivity contribution in [3.8, 4) is 0 Å². The minimum Gasteiger partial charge on any atom is -0.368 e. The summed E-state index contributed by atoms with van der Waals surface area (Å²) in [6.45, 7) is 2.92. The van der Waals surface area contributed by atoms with Gasteiger partial charge in [0, 0.05) is 48.5 Å². The zero-order valence-corrected chi connectivity index (χ0v) is 18.9. The van der Waals surface area contributed by atoms with Crippen LogP contribution < -0.4 is 9.80 Å². The molecule has 162 valence electrons. The van der Waals surface area contributed by atoms with Crippen molar-refractivity contribution in [3.05, 3.63) is 90.1 Å². The lowest BCUT2D eigenvalue weighted by atomic mass is 10.1. The number of sulfone groups is 1. The van der Waals surface area contributed by atoms with Gasteiger partial charge < -0.3 is 9.80 Å². The molecule has 2 heterocycles. The van der Waals surface area contributed by atoms with Crippen molar-refractivity contribution < 1.29 is 8.42 Å². The molecular weight excluding hydrogens is 442 g/mol. The summed E-state index contributed by atoms with van der Waals surface area (Å²) in [6, 6.07) is 24.1. The van der Waals surface area contributed by atoms with E-state index in [2.05, 4.69) is 20.9 Å². The van der Waals surface area contributed by atoms with Crippen LogP contribution in [0.3, 0.4) is 0 Å². The highest BCUT2D eigenvalue weighted by Gasteiger charge is 2.28. The van der Waals surface area contributed by atoms with Gasteiger partial charge in [-0.25, -0.2) is 8.42 Å². The predicted octanol–water partition coefficient (Wildman–Crippen LogP) is 5.05. The number of pyridine rings is 1. The predicted molar refractivity (Wildman–Crippen MR) is 130 cm³/mol. The first kappa shape index (κ1) is 20.8. The second-order valence-electron chi connectivity index (χ2n) is 7.76. The van der Waals surface area contributed by atoms with Gasteiger partial charge >= 0.3 is 0 Å². The van der Waals surface area contributed by atoms with Crippen LogP contribution in [0.5, 0.6) is 0 Å². The second-order valence-corrected chi connectivity index (χ2v) is 10.1. The lowest BCUT2D eigenvalue weighted by Crippen LogP contribution is -2.47. The van der Waals surface area contributed by atoms with Gasteiger partial charge in [-0.3, -0.25) is 4.98 Å². The average Bonchev–Trinajstić information content (AvgIpc) is 2.84.